The number of hydrogen-bond acceptors (Lipinski definition) is 4. The maximum absolute atomic E-state index is 12.7. The van der Waals surface area contributed by atoms with Gasteiger partial charge >= 0.3 is 12.1 Å². The zero-order chi connectivity index (χ0) is 22.2. The van der Waals surface area contributed by atoms with Crippen molar-refractivity contribution in [3.63, 3.8) is 0 Å². The van der Waals surface area contributed by atoms with Gasteiger partial charge in [-0.3, -0.25) is 4.79 Å². The van der Waals surface area contributed by atoms with Crippen LogP contribution in [-0.2, 0) is 24.0 Å². The van der Waals surface area contributed by atoms with Crippen LogP contribution in [0.4, 0.5) is 13.2 Å². The van der Waals surface area contributed by atoms with E-state index >= 15 is 0 Å². The number of halogens is 3. The maximum Gasteiger partial charge on any atom is 0.416 e. The van der Waals surface area contributed by atoms with Crippen LogP contribution in [0.1, 0.15) is 22.5 Å². The van der Waals surface area contributed by atoms with Gasteiger partial charge in [-0.25, -0.2) is 0 Å². The molecule has 2 heterocycles. The van der Waals surface area contributed by atoms with Crippen LogP contribution in [0.25, 0.3) is 16.6 Å². The number of hydrogen-bond donors (Lipinski definition) is 2. The Labute approximate surface area is 174 Å². The molecule has 2 N–H and O–H groups in total. The monoisotopic (exact) mass is 430 g/mol. The Morgan fingerprint density at radius 2 is 1.90 bits per heavy atom. The molecule has 0 saturated carbocycles. The molecule has 7 nitrogen and oxygen atoms in total. The number of aromatic amines is 1. The summed E-state index contributed by atoms with van der Waals surface area (Å²) >= 11 is 0. The summed E-state index contributed by atoms with van der Waals surface area (Å²) in [7, 11) is 0. The number of fused-ring (bicyclic) bond motifs is 1. The normalized spacial score (nSPS) is 11.7. The summed E-state index contributed by atoms with van der Waals surface area (Å²) in [5.74, 6) is -0.354. The van der Waals surface area contributed by atoms with Crippen LogP contribution < -0.4 is 4.74 Å². The fourth-order valence-corrected chi connectivity index (χ4v) is 3.16. The van der Waals surface area contributed by atoms with E-state index in [1.54, 1.807) is 31.3 Å². The van der Waals surface area contributed by atoms with Crippen LogP contribution in [0.2, 0.25) is 0 Å². The molecule has 0 aliphatic carbocycles. The fraction of sp³-hybridized carbons (Fsp3) is 0.190. The maximum atomic E-state index is 12.7. The number of carboxylic acids is 1. The standard InChI is InChI=1S/C21H17F3N4O3/c1-12-19(27-28(26-12)15-4-2-14(3-5-15)21(22,23)24)11-31-16-6-7-17-13(8-20(29)30)10-25-18(17)9-16/h2-7,9-10,25H,8,11H2,1H3,(H,29,30). The third kappa shape index (κ3) is 4.37. The van der Waals surface area contributed by atoms with Gasteiger partial charge in [0.1, 0.15) is 18.1 Å². The van der Waals surface area contributed by atoms with Crippen LogP contribution in [0.5, 0.6) is 5.75 Å². The number of carboxylic acid groups (broad SMARTS) is 1. The van der Waals surface area contributed by atoms with Gasteiger partial charge < -0.3 is 14.8 Å². The zero-order valence-corrected chi connectivity index (χ0v) is 16.3. The lowest BCUT2D eigenvalue weighted by Crippen LogP contribution is -2.06. The predicted octanol–water partition coefficient (Wildman–Crippen LogP) is 4.28. The quantitative estimate of drug-likeness (QED) is 0.476. The fourth-order valence-electron chi connectivity index (χ4n) is 3.16. The summed E-state index contributed by atoms with van der Waals surface area (Å²) in [5, 5.41) is 18.3. The van der Waals surface area contributed by atoms with E-state index in [9.17, 15) is 18.0 Å². The molecule has 0 spiro atoms. The Hall–Kier alpha value is -3.82. The molecule has 31 heavy (non-hydrogen) atoms. The van der Waals surface area contributed by atoms with E-state index in [1.165, 1.54) is 16.9 Å². The minimum Gasteiger partial charge on any atom is -0.487 e. The number of aliphatic carboxylic acids is 1. The van der Waals surface area contributed by atoms with Crippen LogP contribution in [-0.4, -0.2) is 31.1 Å². The van der Waals surface area contributed by atoms with Crippen molar-refractivity contribution in [1.29, 1.82) is 0 Å². The van der Waals surface area contributed by atoms with Crippen molar-refractivity contribution in [1.82, 2.24) is 20.0 Å². The lowest BCUT2D eigenvalue weighted by atomic mass is 10.1. The second kappa shape index (κ2) is 7.78. The summed E-state index contributed by atoms with van der Waals surface area (Å²) in [5.41, 5.74) is 2.22. The van der Waals surface area contributed by atoms with Crippen LogP contribution in [0.3, 0.4) is 0 Å². The number of carbonyl (C=O) groups is 1. The summed E-state index contributed by atoms with van der Waals surface area (Å²) < 4.78 is 44.0. The summed E-state index contributed by atoms with van der Waals surface area (Å²) in [6, 6.07) is 9.85. The first-order valence-electron chi connectivity index (χ1n) is 9.26. The lowest BCUT2D eigenvalue weighted by molar-refractivity contribution is -0.138. The molecule has 0 atom stereocenters. The van der Waals surface area contributed by atoms with Crippen LogP contribution in [0, 0.1) is 6.92 Å². The minimum atomic E-state index is -4.40. The molecular formula is C21H17F3N4O3. The molecule has 0 radical (unpaired) electrons. The number of aryl methyl sites for hydroxylation is 1. The molecule has 10 heteroatoms. The van der Waals surface area contributed by atoms with Crippen molar-refractivity contribution in [3.05, 3.63) is 71.2 Å². The lowest BCUT2D eigenvalue weighted by Gasteiger charge is -2.07. The van der Waals surface area contributed by atoms with Gasteiger partial charge in [-0.15, -0.1) is 5.10 Å². The first-order valence-corrected chi connectivity index (χ1v) is 9.26. The Kier molecular flexibility index (Phi) is 5.14. The van der Waals surface area contributed by atoms with Gasteiger partial charge in [-0.1, -0.05) is 0 Å². The molecule has 2 aromatic carbocycles. The molecule has 0 aliphatic rings. The van der Waals surface area contributed by atoms with Crippen molar-refractivity contribution in [2.45, 2.75) is 26.1 Å². The molecule has 2 aromatic heterocycles. The number of ether oxygens (including phenoxy) is 1. The molecule has 0 saturated heterocycles. The number of rotatable bonds is 6. The number of aromatic nitrogens is 4. The van der Waals surface area contributed by atoms with Gasteiger partial charge in [0.05, 0.1) is 23.4 Å². The van der Waals surface area contributed by atoms with Gasteiger partial charge in [0.15, 0.2) is 0 Å². The molecule has 0 amide bonds. The van der Waals surface area contributed by atoms with E-state index in [4.69, 9.17) is 9.84 Å². The summed E-state index contributed by atoms with van der Waals surface area (Å²) in [4.78, 5) is 15.2. The van der Waals surface area contributed by atoms with E-state index in [0.29, 0.717) is 28.4 Å². The smallest absolute Gasteiger partial charge is 0.416 e. The highest BCUT2D eigenvalue weighted by Crippen LogP contribution is 2.29. The molecular weight excluding hydrogens is 413 g/mol. The minimum absolute atomic E-state index is 0.0769. The number of H-pyrrole nitrogens is 1. The first kappa shape index (κ1) is 20.5. The molecule has 160 valence electrons. The Bertz CT molecular complexity index is 1240. The number of nitrogens with one attached hydrogen (secondary N) is 1. The summed E-state index contributed by atoms with van der Waals surface area (Å²) in [6.45, 7) is 1.85. The topological polar surface area (TPSA) is 93.0 Å². The zero-order valence-electron chi connectivity index (χ0n) is 16.3. The highest BCUT2D eigenvalue weighted by molar-refractivity contribution is 5.87. The van der Waals surface area contributed by atoms with Gasteiger partial charge in [-0.05, 0) is 48.9 Å². The van der Waals surface area contributed by atoms with Crippen LogP contribution in [0.15, 0.2) is 48.7 Å². The third-order valence-electron chi connectivity index (χ3n) is 4.76. The van der Waals surface area contributed by atoms with Crippen molar-refractivity contribution >= 4 is 16.9 Å². The molecule has 4 rings (SSSR count). The Morgan fingerprint density at radius 1 is 1.16 bits per heavy atom. The highest BCUT2D eigenvalue weighted by atomic mass is 19.4. The first-order chi connectivity index (χ1) is 14.7. The Balaban J connectivity index is 1.48. The summed E-state index contributed by atoms with van der Waals surface area (Å²) in [6.07, 6.45) is -2.82. The predicted molar refractivity (Wildman–Crippen MR) is 105 cm³/mol. The van der Waals surface area contributed by atoms with Crippen molar-refractivity contribution in [2.75, 3.05) is 0 Å². The van der Waals surface area contributed by atoms with Crippen LogP contribution >= 0.6 is 0 Å². The van der Waals surface area contributed by atoms with Gasteiger partial charge in [0.2, 0.25) is 0 Å². The highest BCUT2D eigenvalue weighted by Gasteiger charge is 2.30. The van der Waals surface area contributed by atoms with Crippen molar-refractivity contribution in [2.24, 2.45) is 0 Å². The second-order valence-electron chi connectivity index (χ2n) is 6.95. The average molecular weight is 430 g/mol. The molecule has 0 unspecified atom stereocenters. The van der Waals surface area contributed by atoms with Gasteiger partial charge in [0.25, 0.3) is 0 Å². The molecule has 4 aromatic rings. The largest absolute Gasteiger partial charge is 0.487 e. The number of alkyl halides is 3. The van der Waals surface area contributed by atoms with E-state index in [1.807, 2.05) is 0 Å². The second-order valence-corrected chi connectivity index (χ2v) is 6.95. The molecule has 0 fully saturated rings. The third-order valence-corrected chi connectivity index (χ3v) is 4.76. The van der Waals surface area contributed by atoms with E-state index in [-0.39, 0.29) is 13.0 Å². The number of nitrogens with zero attached hydrogens (tertiary/aromatic N) is 3. The number of benzene rings is 2. The molecule has 0 bridgehead atoms. The molecule has 0 aliphatic heterocycles. The Morgan fingerprint density at radius 3 is 2.58 bits per heavy atom. The van der Waals surface area contributed by atoms with Crippen molar-refractivity contribution < 1.29 is 27.8 Å². The van der Waals surface area contributed by atoms with E-state index in [2.05, 4.69) is 15.2 Å². The van der Waals surface area contributed by atoms with Gasteiger partial charge in [0, 0.05) is 23.2 Å². The SMILES string of the molecule is Cc1nn(-c2ccc(C(F)(F)F)cc2)nc1COc1ccc2c(CC(=O)O)c[nH]c2c1. The van der Waals surface area contributed by atoms with E-state index < -0.39 is 17.7 Å². The van der Waals surface area contributed by atoms with E-state index in [0.717, 1.165) is 23.0 Å². The average Bonchev–Trinajstić information content (AvgIpc) is 3.28. The van der Waals surface area contributed by atoms with Gasteiger partial charge in [-0.2, -0.15) is 23.1 Å². The van der Waals surface area contributed by atoms with Crippen molar-refractivity contribution in [3.8, 4) is 11.4 Å².